The molecule has 0 spiro atoms. The van der Waals surface area contributed by atoms with Crippen molar-refractivity contribution < 1.29 is 4.39 Å². The minimum Gasteiger partial charge on any atom is -0.359 e. The van der Waals surface area contributed by atoms with Crippen molar-refractivity contribution in [3.05, 3.63) is 30.1 Å². The van der Waals surface area contributed by atoms with Crippen LogP contribution in [-0.2, 0) is 0 Å². The highest BCUT2D eigenvalue weighted by molar-refractivity contribution is 7.80. The van der Waals surface area contributed by atoms with E-state index in [1.165, 1.54) is 44.2 Å². The van der Waals surface area contributed by atoms with Gasteiger partial charge >= 0.3 is 0 Å². The van der Waals surface area contributed by atoms with Gasteiger partial charge in [-0.3, -0.25) is 10.9 Å². The largest absolute Gasteiger partial charge is 0.359 e. The van der Waals surface area contributed by atoms with Crippen molar-refractivity contribution in [2.75, 3.05) is 5.43 Å². The zero-order valence-corrected chi connectivity index (χ0v) is 11.0. The maximum Gasteiger partial charge on any atom is 0.185 e. The summed E-state index contributed by atoms with van der Waals surface area (Å²) in [5.74, 6) is -0.247. The Morgan fingerprint density at radius 3 is 2.44 bits per heavy atom. The molecule has 3 N–H and O–H groups in total. The normalized spacial score (nSPS) is 16.1. The zero-order valence-electron chi connectivity index (χ0n) is 10.2. The fraction of sp³-hybridized carbons (Fsp3) is 0.462. The van der Waals surface area contributed by atoms with Gasteiger partial charge in [0, 0.05) is 6.04 Å². The highest BCUT2D eigenvalue weighted by Crippen LogP contribution is 2.17. The number of benzene rings is 1. The van der Waals surface area contributed by atoms with Gasteiger partial charge in [-0.15, -0.1) is 0 Å². The lowest BCUT2D eigenvalue weighted by atomic mass is 9.96. The second kappa shape index (κ2) is 6.54. The van der Waals surface area contributed by atoms with Gasteiger partial charge in [-0.25, -0.2) is 4.39 Å². The molecule has 0 heterocycles. The average molecular weight is 267 g/mol. The molecule has 0 bridgehead atoms. The summed E-state index contributed by atoms with van der Waals surface area (Å²) in [5.41, 5.74) is 6.64. The molecule has 0 radical (unpaired) electrons. The summed E-state index contributed by atoms with van der Waals surface area (Å²) in [5, 5.41) is 3.87. The molecule has 98 valence electrons. The summed E-state index contributed by atoms with van der Waals surface area (Å²) < 4.78 is 12.7. The first-order chi connectivity index (χ1) is 8.74. The van der Waals surface area contributed by atoms with Crippen LogP contribution in [0.5, 0.6) is 0 Å². The van der Waals surface area contributed by atoms with E-state index in [4.69, 9.17) is 12.2 Å². The molecule has 5 heteroatoms. The predicted octanol–water partition coefficient (Wildman–Crippen LogP) is 2.95. The molecular weight excluding hydrogens is 249 g/mol. The summed E-state index contributed by atoms with van der Waals surface area (Å²) in [6, 6.07) is 6.61. The van der Waals surface area contributed by atoms with E-state index in [2.05, 4.69) is 16.2 Å². The number of hydrogen-bond donors (Lipinski definition) is 3. The maximum atomic E-state index is 12.7. The Morgan fingerprint density at radius 2 is 1.78 bits per heavy atom. The van der Waals surface area contributed by atoms with Gasteiger partial charge in [0.1, 0.15) is 5.82 Å². The highest BCUT2D eigenvalue weighted by atomic mass is 32.1. The van der Waals surface area contributed by atoms with Crippen molar-refractivity contribution in [2.45, 2.75) is 38.1 Å². The third-order valence-electron chi connectivity index (χ3n) is 3.10. The molecule has 0 amide bonds. The Kier molecular flexibility index (Phi) is 4.75. The molecule has 1 aliphatic rings. The SMILES string of the molecule is Fc1ccc(NNC(=S)NC2CCCCC2)cc1. The molecule has 0 aliphatic heterocycles. The van der Waals surface area contributed by atoms with Gasteiger partial charge in [0.25, 0.3) is 0 Å². The molecule has 0 saturated heterocycles. The van der Waals surface area contributed by atoms with Crippen LogP contribution < -0.4 is 16.2 Å². The molecule has 1 aliphatic carbocycles. The van der Waals surface area contributed by atoms with Crippen molar-refractivity contribution in [3.8, 4) is 0 Å². The molecular formula is C13H18FN3S. The molecule has 3 nitrogen and oxygen atoms in total. The lowest BCUT2D eigenvalue weighted by Gasteiger charge is -2.24. The van der Waals surface area contributed by atoms with Gasteiger partial charge in [-0.2, -0.15) is 0 Å². The minimum absolute atomic E-state index is 0.247. The van der Waals surface area contributed by atoms with E-state index in [0.29, 0.717) is 11.2 Å². The van der Waals surface area contributed by atoms with E-state index in [9.17, 15) is 4.39 Å². The quantitative estimate of drug-likeness (QED) is 0.581. The van der Waals surface area contributed by atoms with Crippen LogP contribution in [0.25, 0.3) is 0 Å². The first-order valence-electron chi connectivity index (χ1n) is 6.32. The fourth-order valence-electron chi connectivity index (χ4n) is 2.13. The standard InChI is InChI=1S/C13H18FN3S/c14-10-6-8-12(9-7-10)16-17-13(18)15-11-4-2-1-3-5-11/h6-9,11,16H,1-5H2,(H2,15,17,18). The minimum atomic E-state index is -0.247. The Morgan fingerprint density at radius 1 is 1.11 bits per heavy atom. The molecule has 0 atom stereocenters. The fourth-order valence-corrected chi connectivity index (χ4v) is 2.35. The van der Waals surface area contributed by atoms with E-state index in [-0.39, 0.29) is 5.82 Å². The number of anilines is 1. The van der Waals surface area contributed by atoms with Crippen LogP contribution in [0, 0.1) is 5.82 Å². The first kappa shape index (κ1) is 13.1. The Bertz CT molecular complexity index is 388. The van der Waals surface area contributed by atoms with E-state index < -0.39 is 0 Å². The maximum absolute atomic E-state index is 12.7. The van der Waals surface area contributed by atoms with Crippen LogP contribution in [0.15, 0.2) is 24.3 Å². The van der Waals surface area contributed by atoms with E-state index in [1.54, 1.807) is 12.1 Å². The molecule has 1 saturated carbocycles. The Labute approximate surface area is 112 Å². The van der Waals surface area contributed by atoms with Gasteiger partial charge in [-0.1, -0.05) is 19.3 Å². The Hall–Kier alpha value is -1.36. The van der Waals surface area contributed by atoms with E-state index >= 15 is 0 Å². The second-order valence-electron chi connectivity index (χ2n) is 4.57. The third-order valence-corrected chi connectivity index (χ3v) is 3.32. The van der Waals surface area contributed by atoms with Crippen molar-refractivity contribution in [3.63, 3.8) is 0 Å². The highest BCUT2D eigenvalue weighted by Gasteiger charge is 2.13. The molecule has 1 fully saturated rings. The van der Waals surface area contributed by atoms with Crippen LogP contribution in [0.4, 0.5) is 10.1 Å². The first-order valence-corrected chi connectivity index (χ1v) is 6.73. The molecule has 1 aromatic rings. The summed E-state index contributed by atoms with van der Waals surface area (Å²) in [4.78, 5) is 0. The van der Waals surface area contributed by atoms with Crippen LogP contribution in [0.1, 0.15) is 32.1 Å². The molecule has 18 heavy (non-hydrogen) atoms. The van der Waals surface area contributed by atoms with Crippen LogP contribution in [-0.4, -0.2) is 11.2 Å². The summed E-state index contributed by atoms with van der Waals surface area (Å²) in [6.07, 6.45) is 6.22. The lowest BCUT2D eigenvalue weighted by Crippen LogP contribution is -2.44. The number of nitrogens with one attached hydrogen (secondary N) is 3. The van der Waals surface area contributed by atoms with Gasteiger partial charge in [0.05, 0.1) is 5.69 Å². The lowest BCUT2D eigenvalue weighted by molar-refractivity contribution is 0.412. The number of hydrazine groups is 1. The Balaban J connectivity index is 1.72. The zero-order chi connectivity index (χ0) is 12.8. The van der Waals surface area contributed by atoms with E-state index in [1.807, 2.05) is 0 Å². The third kappa shape index (κ3) is 4.14. The van der Waals surface area contributed by atoms with Crippen molar-refractivity contribution in [1.29, 1.82) is 0 Å². The summed E-state index contributed by atoms with van der Waals surface area (Å²) in [6.45, 7) is 0. The molecule has 0 unspecified atom stereocenters. The van der Waals surface area contributed by atoms with E-state index in [0.717, 1.165) is 5.69 Å². The number of hydrogen-bond acceptors (Lipinski definition) is 2. The van der Waals surface area contributed by atoms with Crippen LogP contribution >= 0.6 is 12.2 Å². The summed E-state index contributed by atoms with van der Waals surface area (Å²) in [7, 11) is 0. The van der Waals surface area contributed by atoms with Crippen molar-refractivity contribution >= 4 is 23.0 Å². The molecule has 1 aromatic carbocycles. The second-order valence-corrected chi connectivity index (χ2v) is 4.97. The van der Waals surface area contributed by atoms with Crippen molar-refractivity contribution in [1.82, 2.24) is 10.7 Å². The van der Waals surface area contributed by atoms with Crippen LogP contribution in [0.2, 0.25) is 0 Å². The number of rotatable bonds is 3. The summed E-state index contributed by atoms with van der Waals surface area (Å²) >= 11 is 5.20. The predicted molar refractivity (Wildman–Crippen MR) is 75.8 cm³/mol. The topological polar surface area (TPSA) is 36.1 Å². The van der Waals surface area contributed by atoms with Crippen LogP contribution in [0.3, 0.4) is 0 Å². The number of thiocarbonyl (C=S) groups is 1. The number of halogens is 1. The van der Waals surface area contributed by atoms with Gasteiger partial charge < -0.3 is 5.32 Å². The van der Waals surface area contributed by atoms with Gasteiger partial charge in [0.2, 0.25) is 0 Å². The van der Waals surface area contributed by atoms with Gasteiger partial charge in [-0.05, 0) is 49.3 Å². The van der Waals surface area contributed by atoms with Gasteiger partial charge in [0.15, 0.2) is 5.11 Å². The van der Waals surface area contributed by atoms with Crippen molar-refractivity contribution in [2.24, 2.45) is 0 Å². The molecule has 2 rings (SSSR count). The smallest absolute Gasteiger partial charge is 0.185 e. The monoisotopic (exact) mass is 267 g/mol. The molecule has 0 aromatic heterocycles. The average Bonchev–Trinajstić information content (AvgIpc) is 2.39.